The van der Waals surface area contributed by atoms with Crippen molar-refractivity contribution < 1.29 is 4.74 Å². The first-order valence-corrected chi connectivity index (χ1v) is 9.42. The Bertz CT molecular complexity index is 1080. The third kappa shape index (κ3) is 2.54. The minimum Gasteiger partial charge on any atom is -0.378 e. The first kappa shape index (κ1) is 15.7. The highest BCUT2D eigenvalue weighted by molar-refractivity contribution is 7.18. The number of hydrogen-bond acceptors (Lipinski definition) is 7. The van der Waals surface area contributed by atoms with Crippen LogP contribution in [-0.4, -0.2) is 46.2 Å². The van der Waals surface area contributed by atoms with E-state index in [0.29, 0.717) is 19.8 Å². The molecule has 0 atom stereocenters. The van der Waals surface area contributed by atoms with Crippen LogP contribution in [0, 0.1) is 0 Å². The molecule has 1 saturated heterocycles. The van der Waals surface area contributed by atoms with E-state index in [-0.39, 0.29) is 0 Å². The molecule has 0 saturated carbocycles. The number of nitrogens with zero attached hydrogens (tertiary/aromatic N) is 4. The van der Waals surface area contributed by atoms with E-state index in [2.05, 4.69) is 33.1 Å². The fourth-order valence-electron chi connectivity index (χ4n) is 3.33. The number of anilines is 1. The van der Waals surface area contributed by atoms with Crippen molar-refractivity contribution in [3.8, 4) is 11.4 Å². The van der Waals surface area contributed by atoms with E-state index in [0.717, 1.165) is 56.6 Å². The summed E-state index contributed by atoms with van der Waals surface area (Å²) >= 11 is 1.54. The maximum atomic E-state index is 5.81. The van der Waals surface area contributed by atoms with Crippen LogP contribution in [0.15, 0.2) is 30.5 Å². The lowest BCUT2D eigenvalue weighted by atomic mass is 10.1. The molecule has 8 heteroatoms. The Balaban J connectivity index is 1.74. The zero-order valence-electron chi connectivity index (χ0n) is 14.1. The smallest absolute Gasteiger partial charge is 0.163 e. The number of rotatable bonds is 3. The maximum Gasteiger partial charge on any atom is 0.163 e. The molecule has 3 N–H and O–H groups in total. The second-order valence-electron chi connectivity index (χ2n) is 6.18. The van der Waals surface area contributed by atoms with Gasteiger partial charge < -0.3 is 20.4 Å². The third-order valence-electron chi connectivity index (χ3n) is 4.61. The number of aromatic nitrogens is 4. The molecular formula is C18H18N6OS. The highest BCUT2D eigenvalue weighted by Gasteiger charge is 2.21. The lowest BCUT2D eigenvalue weighted by Gasteiger charge is -2.28. The SMILES string of the molecule is NCc1nc2c(N3CCOCC3)nc(-c3cccc4[nH]ccc34)nc2s1. The number of hydrogen-bond donors (Lipinski definition) is 2. The second-order valence-corrected chi connectivity index (χ2v) is 7.24. The zero-order chi connectivity index (χ0) is 17.5. The van der Waals surface area contributed by atoms with Crippen LogP contribution in [-0.2, 0) is 11.3 Å². The van der Waals surface area contributed by atoms with Gasteiger partial charge in [-0.1, -0.05) is 23.5 Å². The van der Waals surface area contributed by atoms with Gasteiger partial charge in [-0.25, -0.2) is 15.0 Å². The summed E-state index contributed by atoms with van der Waals surface area (Å²) in [6.07, 6.45) is 1.94. The first-order valence-electron chi connectivity index (χ1n) is 8.60. The number of H-pyrrole nitrogens is 1. The normalized spacial score (nSPS) is 15.2. The van der Waals surface area contributed by atoms with Crippen LogP contribution < -0.4 is 10.6 Å². The highest BCUT2D eigenvalue weighted by Crippen LogP contribution is 2.33. The van der Waals surface area contributed by atoms with Gasteiger partial charge in [-0.3, -0.25) is 0 Å². The van der Waals surface area contributed by atoms with Gasteiger partial charge in [0.15, 0.2) is 11.6 Å². The predicted octanol–water partition coefficient (Wildman–Crippen LogP) is 2.53. The number of nitrogens with two attached hydrogens (primary N) is 1. The Morgan fingerprint density at radius 3 is 2.88 bits per heavy atom. The van der Waals surface area contributed by atoms with E-state index >= 15 is 0 Å². The Hall–Kier alpha value is -2.55. The Morgan fingerprint density at radius 2 is 2.04 bits per heavy atom. The van der Waals surface area contributed by atoms with E-state index in [9.17, 15) is 0 Å². The quantitative estimate of drug-likeness (QED) is 0.579. The molecule has 1 aliphatic rings. The average Bonchev–Trinajstić information content (AvgIpc) is 3.34. The van der Waals surface area contributed by atoms with Gasteiger partial charge >= 0.3 is 0 Å². The topological polar surface area (TPSA) is 93.0 Å². The lowest BCUT2D eigenvalue weighted by molar-refractivity contribution is 0.122. The molecule has 5 rings (SSSR count). The van der Waals surface area contributed by atoms with E-state index in [4.69, 9.17) is 20.4 Å². The van der Waals surface area contributed by atoms with Crippen molar-refractivity contribution in [3.05, 3.63) is 35.5 Å². The number of ether oxygens (including phenoxy) is 1. The molecule has 4 heterocycles. The van der Waals surface area contributed by atoms with Crippen molar-refractivity contribution in [1.82, 2.24) is 19.9 Å². The van der Waals surface area contributed by atoms with Gasteiger partial charge in [0.25, 0.3) is 0 Å². The van der Waals surface area contributed by atoms with E-state index in [1.807, 2.05) is 12.3 Å². The molecule has 26 heavy (non-hydrogen) atoms. The van der Waals surface area contributed by atoms with Crippen LogP contribution in [0.2, 0.25) is 0 Å². The van der Waals surface area contributed by atoms with Crippen LogP contribution in [0.3, 0.4) is 0 Å². The number of morpholine rings is 1. The summed E-state index contributed by atoms with van der Waals surface area (Å²) < 4.78 is 5.49. The molecule has 0 amide bonds. The van der Waals surface area contributed by atoms with Crippen molar-refractivity contribution in [2.45, 2.75) is 6.54 Å². The molecule has 1 aromatic carbocycles. The third-order valence-corrected chi connectivity index (χ3v) is 5.58. The predicted molar refractivity (Wildman–Crippen MR) is 103 cm³/mol. The molecule has 132 valence electrons. The van der Waals surface area contributed by atoms with Gasteiger partial charge in [0.1, 0.15) is 15.4 Å². The summed E-state index contributed by atoms with van der Waals surface area (Å²) in [5.41, 5.74) is 8.74. The molecule has 7 nitrogen and oxygen atoms in total. The van der Waals surface area contributed by atoms with Gasteiger partial charge in [-0.05, 0) is 12.1 Å². The second kappa shape index (κ2) is 6.31. The standard InChI is InChI=1S/C18H18N6OS/c19-10-14-21-15-17(24-6-8-25-9-7-24)22-16(23-18(15)26-14)12-2-1-3-13-11(12)4-5-20-13/h1-5,20H,6-10,19H2. The Labute approximate surface area is 153 Å². The number of fused-ring (bicyclic) bond motifs is 2. The molecule has 0 radical (unpaired) electrons. The van der Waals surface area contributed by atoms with Crippen molar-refractivity contribution in [1.29, 1.82) is 0 Å². The van der Waals surface area contributed by atoms with E-state index < -0.39 is 0 Å². The van der Waals surface area contributed by atoms with Crippen molar-refractivity contribution in [3.63, 3.8) is 0 Å². The molecule has 0 unspecified atom stereocenters. The summed E-state index contributed by atoms with van der Waals surface area (Å²) in [4.78, 5) is 20.8. The van der Waals surface area contributed by atoms with Crippen molar-refractivity contribution in [2.24, 2.45) is 5.73 Å². The van der Waals surface area contributed by atoms with Crippen LogP contribution in [0.4, 0.5) is 5.82 Å². The van der Waals surface area contributed by atoms with Crippen LogP contribution in [0.1, 0.15) is 5.01 Å². The van der Waals surface area contributed by atoms with Gasteiger partial charge in [-0.15, -0.1) is 0 Å². The lowest BCUT2D eigenvalue weighted by Crippen LogP contribution is -2.37. The Kier molecular flexibility index (Phi) is 3.81. The average molecular weight is 366 g/mol. The summed E-state index contributed by atoms with van der Waals surface area (Å²) in [7, 11) is 0. The van der Waals surface area contributed by atoms with Crippen LogP contribution in [0.25, 0.3) is 32.6 Å². The molecular weight excluding hydrogens is 348 g/mol. The number of nitrogens with one attached hydrogen (secondary N) is 1. The fourth-order valence-corrected chi connectivity index (χ4v) is 4.14. The van der Waals surface area contributed by atoms with E-state index in [1.165, 1.54) is 11.3 Å². The zero-order valence-corrected chi connectivity index (χ0v) is 14.9. The maximum absolute atomic E-state index is 5.81. The molecule has 1 fully saturated rings. The summed E-state index contributed by atoms with van der Waals surface area (Å²) in [5.74, 6) is 1.59. The first-order chi connectivity index (χ1) is 12.8. The summed E-state index contributed by atoms with van der Waals surface area (Å²) in [6, 6.07) is 8.20. The molecule has 4 aromatic rings. The van der Waals surface area contributed by atoms with E-state index in [1.54, 1.807) is 0 Å². The molecule has 0 spiro atoms. The number of aromatic amines is 1. The van der Waals surface area contributed by atoms with Crippen molar-refractivity contribution in [2.75, 3.05) is 31.2 Å². The monoisotopic (exact) mass is 366 g/mol. The Morgan fingerprint density at radius 1 is 1.15 bits per heavy atom. The molecule has 3 aromatic heterocycles. The number of thiazole rings is 1. The van der Waals surface area contributed by atoms with Gasteiger partial charge in [0, 0.05) is 42.3 Å². The number of benzene rings is 1. The molecule has 0 bridgehead atoms. The highest BCUT2D eigenvalue weighted by atomic mass is 32.1. The van der Waals surface area contributed by atoms with Gasteiger partial charge in [0.05, 0.1) is 13.2 Å². The van der Waals surface area contributed by atoms with Crippen LogP contribution >= 0.6 is 11.3 Å². The molecule has 0 aliphatic carbocycles. The largest absolute Gasteiger partial charge is 0.378 e. The fraction of sp³-hybridized carbons (Fsp3) is 0.278. The minimum atomic E-state index is 0.409. The van der Waals surface area contributed by atoms with Gasteiger partial charge in [-0.2, -0.15) is 0 Å². The molecule has 1 aliphatic heterocycles. The van der Waals surface area contributed by atoms with Crippen molar-refractivity contribution >= 4 is 38.4 Å². The summed E-state index contributed by atoms with van der Waals surface area (Å²) in [5, 5.41) is 1.99. The minimum absolute atomic E-state index is 0.409. The summed E-state index contributed by atoms with van der Waals surface area (Å²) in [6.45, 7) is 3.40. The van der Waals surface area contributed by atoms with Gasteiger partial charge in [0.2, 0.25) is 0 Å². The van der Waals surface area contributed by atoms with Crippen LogP contribution in [0.5, 0.6) is 0 Å².